The average molecular weight is 420 g/mol. The lowest BCUT2D eigenvalue weighted by Crippen LogP contribution is -2.55. The van der Waals surface area contributed by atoms with E-state index in [-0.39, 0.29) is 0 Å². The van der Waals surface area contributed by atoms with Gasteiger partial charge in [0.2, 0.25) is 5.91 Å². The van der Waals surface area contributed by atoms with Crippen molar-refractivity contribution in [3.63, 3.8) is 0 Å². The van der Waals surface area contributed by atoms with Crippen LogP contribution in [0.25, 0.3) is 0 Å². The molecule has 5 rings (SSSR count). The van der Waals surface area contributed by atoms with Crippen LogP contribution in [0, 0.1) is 5.92 Å². The number of carbonyl (C=O) groups excluding carboxylic acids is 1. The van der Waals surface area contributed by atoms with Crippen molar-refractivity contribution in [2.45, 2.75) is 31.7 Å². The van der Waals surface area contributed by atoms with Crippen molar-refractivity contribution in [3.8, 4) is 5.75 Å². The van der Waals surface area contributed by atoms with Crippen molar-refractivity contribution in [1.82, 2.24) is 9.80 Å². The number of fused-ring (bicyclic) bond motifs is 2. The Hall–Kier alpha value is -2.53. The molecule has 1 amide bonds. The topological polar surface area (TPSA) is 36.0 Å². The average Bonchev–Trinajstić information content (AvgIpc) is 2.83. The molecule has 3 aliphatic rings. The van der Waals surface area contributed by atoms with E-state index >= 15 is 0 Å². The van der Waals surface area contributed by atoms with Crippen LogP contribution in [0.5, 0.6) is 5.75 Å². The van der Waals surface area contributed by atoms with E-state index in [4.69, 9.17) is 4.74 Å². The number of likely N-dealkylation sites (tertiary alicyclic amines) is 1. The van der Waals surface area contributed by atoms with Crippen molar-refractivity contribution >= 4 is 11.6 Å². The predicted octanol–water partition coefficient (Wildman–Crippen LogP) is 3.22. The van der Waals surface area contributed by atoms with Gasteiger partial charge in [0, 0.05) is 37.9 Å². The van der Waals surface area contributed by atoms with E-state index in [0.717, 1.165) is 51.3 Å². The van der Waals surface area contributed by atoms with E-state index < -0.39 is 0 Å². The van der Waals surface area contributed by atoms with Crippen molar-refractivity contribution in [1.29, 1.82) is 0 Å². The number of piperazine rings is 1. The lowest BCUT2D eigenvalue weighted by Gasteiger charge is -2.45. The predicted molar refractivity (Wildman–Crippen MR) is 124 cm³/mol. The standard InChI is InChI=1S/C26H33N3O2/c1-31-25-11-5-7-20-18-24-21(17-23(20)25)8-6-12-29(24)19-26(30)28-15-13-27(14-16-28)22-9-3-2-4-10-22/h2-5,7,9-11,21,24H,6,8,12-19H2,1H3/t21-,24-/m0/s1. The van der Waals surface area contributed by atoms with Gasteiger partial charge in [-0.1, -0.05) is 30.3 Å². The molecular formula is C26H33N3O2. The Morgan fingerprint density at radius 3 is 2.55 bits per heavy atom. The van der Waals surface area contributed by atoms with Crippen molar-refractivity contribution in [2.75, 3.05) is 51.3 Å². The summed E-state index contributed by atoms with van der Waals surface area (Å²) in [5, 5.41) is 0. The molecule has 2 heterocycles. The molecule has 2 aromatic rings. The number of ether oxygens (including phenoxy) is 1. The van der Waals surface area contributed by atoms with E-state index in [2.05, 4.69) is 63.2 Å². The summed E-state index contributed by atoms with van der Waals surface area (Å²) in [7, 11) is 1.77. The molecule has 2 aliphatic heterocycles. The first-order chi connectivity index (χ1) is 15.2. The summed E-state index contributed by atoms with van der Waals surface area (Å²) in [5.74, 6) is 1.95. The number of amides is 1. The summed E-state index contributed by atoms with van der Waals surface area (Å²) in [6, 6.07) is 17.4. The number of anilines is 1. The van der Waals surface area contributed by atoms with Gasteiger partial charge in [0.1, 0.15) is 5.75 Å². The third kappa shape index (κ3) is 4.16. The minimum absolute atomic E-state index is 0.296. The Balaban J connectivity index is 1.22. The van der Waals surface area contributed by atoms with Gasteiger partial charge in [-0.15, -0.1) is 0 Å². The fourth-order valence-corrected chi connectivity index (χ4v) is 5.78. The maximum atomic E-state index is 13.2. The van der Waals surface area contributed by atoms with Crippen LogP contribution in [0.1, 0.15) is 24.0 Å². The fraction of sp³-hybridized carbons (Fsp3) is 0.500. The number of benzene rings is 2. The number of hydrogen-bond donors (Lipinski definition) is 0. The van der Waals surface area contributed by atoms with Gasteiger partial charge < -0.3 is 14.5 Å². The monoisotopic (exact) mass is 419 g/mol. The molecule has 0 aromatic heterocycles. The number of piperidine rings is 1. The molecule has 164 valence electrons. The fourth-order valence-electron chi connectivity index (χ4n) is 5.78. The largest absolute Gasteiger partial charge is 0.496 e. The summed E-state index contributed by atoms with van der Waals surface area (Å²) >= 11 is 0. The number of para-hydroxylation sites is 1. The highest BCUT2D eigenvalue weighted by Crippen LogP contribution is 2.38. The zero-order valence-electron chi connectivity index (χ0n) is 18.5. The normalized spacial score (nSPS) is 23.8. The quantitative estimate of drug-likeness (QED) is 0.762. The van der Waals surface area contributed by atoms with Gasteiger partial charge in [0.05, 0.1) is 13.7 Å². The summed E-state index contributed by atoms with van der Waals surface area (Å²) in [4.78, 5) is 20.1. The first-order valence-corrected chi connectivity index (χ1v) is 11.7. The van der Waals surface area contributed by atoms with Gasteiger partial charge in [0.15, 0.2) is 0 Å². The Kier molecular flexibility index (Phi) is 5.86. The van der Waals surface area contributed by atoms with Gasteiger partial charge in [0.25, 0.3) is 0 Å². The molecular weight excluding hydrogens is 386 g/mol. The van der Waals surface area contributed by atoms with Crippen molar-refractivity contribution in [3.05, 3.63) is 59.7 Å². The number of methoxy groups -OCH3 is 1. The molecule has 2 saturated heterocycles. The number of carbonyl (C=O) groups is 1. The maximum Gasteiger partial charge on any atom is 0.236 e. The van der Waals surface area contributed by atoms with Crippen LogP contribution < -0.4 is 9.64 Å². The molecule has 0 spiro atoms. The van der Waals surface area contributed by atoms with E-state index in [9.17, 15) is 4.79 Å². The minimum atomic E-state index is 0.296. The van der Waals surface area contributed by atoms with E-state index in [1.807, 2.05) is 0 Å². The molecule has 2 aromatic carbocycles. The van der Waals surface area contributed by atoms with E-state index in [0.29, 0.717) is 24.4 Å². The van der Waals surface area contributed by atoms with Crippen LogP contribution in [0.4, 0.5) is 5.69 Å². The molecule has 2 atom stereocenters. The Bertz CT molecular complexity index is 908. The lowest BCUT2D eigenvalue weighted by atomic mass is 9.75. The molecule has 0 bridgehead atoms. The Morgan fingerprint density at radius 2 is 1.77 bits per heavy atom. The summed E-state index contributed by atoms with van der Waals surface area (Å²) in [5.41, 5.74) is 4.04. The molecule has 5 heteroatoms. The second kappa shape index (κ2) is 8.91. The highest BCUT2D eigenvalue weighted by atomic mass is 16.5. The Morgan fingerprint density at radius 1 is 0.968 bits per heavy atom. The van der Waals surface area contributed by atoms with Crippen molar-refractivity contribution in [2.24, 2.45) is 5.92 Å². The Labute approximate surface area is 185 Å². The highest BCUT2D eigenvalue weighted by molar-refractivity contribution is 5.78. The van der Waals surface area contributed by atoms with Gasteiger partial charge in [-0.2, -0.15) is 0 Å². The summed E-state index contributed by atoms with van der Waals surface area (Å²) in [6.45, 7) is 5.05. The number of hydrogen-bond acceptors (Lipinski definition) is 4. The summed E-state index contributed by atoms with van der Waals surface area (Å²) in [6.07, 6.45) is 4.54. The second-order valence-electron chi connectivity index (χ2n) is 9.15. The smallest absolute Gasteiger partial charge is 0.236 e. The third-order valence-electron chi connectivity index (χ3n) is 7.47. The molecule has 0 radical (unpaired) electrons. The minimum Gasteiger partial charge on any atom is -0.496 e. The first kappa shape index (κ1) is 20.4. The van der Waals surface area contributed by atoms with Gasteiger partial charge in [-0.05, 0) is 67.5 Å². The van der Waals surface area contributed by atoms with Crippen LogP contribution in [0.3, 0.4) is 0 Å². The number of nitrogens with zero attached hydrogens (tertiary/aromatic N) is 3. The van der Waals surface area contributed by atoms with E-state index in [1.54, 1.807) is 7.11 Å². The van der Waals surface area contributed by atoms with Crippen molar-refractivity contribution < 1.29 is 9.53 Å². The molecule has 0 N–H and O–H groups in total. The zero-order chi connectivity index (χ0) is 21.2. The zero-order valence-corrected chi connectivity index (χ0v) is 18.5. The SMILES string of the molecule is COc1cccc2c1C[C@@H]1CCCN(CC(=O)N3CCN(c4ccccc4)CC3)[C@H]1C2. The molecule has 2 fully saturated rings. The van der Waals surface area contributed by atoms with Crippen LogP contribution >= 0.6 is 0 Å². The van der Waals surface area contributed by atoms with Gasteiger partial charge >= 0.3 is 0 Å². The van der Waals surface area contributed by atoms with Crippen LogP contribution in [0.15, 0.2) is 48.5 Å². The molecule has 1 aliphatic carbocycles. The number of rotatable bonds is 4. The van der Waals surface area contributed by atoms with Gasteiger partial charge in [-0.3, -0.25) is 9.69 Å². The maximum absolute atomic E-state index is 13.2. The molecule has 31 heavy (non-hydrogen) atoms. The third-order valence-corrected chi connectivity index (χ3v) is 7.47. The van der Waals surface area contributed by atoms with Crippen LogP contribution in [-0.2, 0) is 17.6 Å². The second-order valence-corrected chi connectivity index (χ2v) is 9.15. The molecule has 5 nitrogen and oxygen atoms in total. The highest BCUT2D eigenvalue weighted by Gasteiger charge is 2.37. The van der Waals surface area contributed by atoms with Crippen LogP contribution in [0.2, 0.25) is 0 Å². The molecule has 0 saturated carbocycles. The summed E-state index contributed by atoms with van der Waals surface area (Å²) < 4.78 is 5.63. The van der Waals surface area contributed by atoms with E-state index in [1.165, 1.54) is 29.7 Å². The first-order valence-electron chi connectivity index (χ1n) is 11.7. The van der Waals surface area contributed by atoms with Gasteiger partial charge in [-0.25, -0.2) is 0 Å². The van der Waals surface area contributed by atoms with Crippen LogP contribution in [-0.4, -0.2) is 68.1 Å². The molecule has 0 unspecified atom stereocenters. The lowest BCUT2D eigenvalue weighted by molar-refractivity contribution is -0.134.